The molecule has 2 aromatic rings. The monoisotopic (exact) mass is 236 g/mol. The Morgan fingerprint density at radius 3 is 2.18 bits per heavy atom. The topological polar surface area (TPSA) is 64.2 Å². The summed E-state index contributed by atoms with van der Waals surface area (Å²) in [5.74, 6) is -1.13. The molecule has 0 saturated heterocycles. The summed E-state index contributed by atoms with van der Waals surface area (Å²) in [5, 5.41) is 15.0. The van der Waals surface area contributed by atoms with Gasteiger partial charge in [0.15, 0.2) is 17.8 Å². The Bertz CT molecular complexity index is 539. The largest absolute Gasteiger partial charge is 0.690 e. The number of hydrogen-bond donors (Lipinski definition) is 0. The maximum atomic E-state index is 12.6. The van der Waals surface area contributed by atoms with Gasteiger partial charge in [-0.3, -0.25) is 0 Å². The number of nitrogens with zero attached hydrogens (tertiary/aromatic N) is 4. The fourth-order valence-electron chi connectivity index (χ4n) is 1.05. The van der Waals surface area contributed by atoms with E-state index in [2.05, 4.69) is 15.1 Å². The van der Waals surface area contributed by atoms with Gasteiger partial charge in [-0.15, -0.1) is 4.86 Å². The molecule has 7 heteroatoms. The van der Waals surface area contributed by atoms with E-state index in [1.165, 1.54) is 12.1 Å². The summed E-state index contributed by atoms with van der Waals surface area (Å²) in [6.45, 7) is 0. The second kappa shape index (κ2) is 4.60. The van der Waals surface area contributed by atoms with Gasteiger partial charge < -0.3 is 5.21 Å². The minimum atomic E-state index is -0.554. The van der Waals surface area contributed by atoms with Crippen molar-refractivity contribution in [3.05, 3.63) is 53.5 Å². The Morgan fingerprint density at radius 2 is 1.65 bits per heavy atom. The number of azo groups is 1. The first-order chi connectivity index (χ1) is 8.15. The van der Waals surface area contributed by atoms with Crippen molar-refractivity contribution in [3.63, 3.8) is 0 Å². The minimum absolute atomic E-state index is 0.0347. The van der Waals surface area contributed by atoms with Gasteiger partial charge in [-0.1, -0.05) is 5.11 Å². The van der Waals surface area contributed by atoms with Crippen molar-refractivity contribution in [2.45, 2.75) is 0 Å². The fourth-order valence-corrected chi connectivity index (χ4v) is 1.05. The van der Waals surface area contributed by atoms with Gasteiger partial charge in [0.2, 0.25) is 0 Å². The summed E-state index contributed by atoms with van der Waals surface area (Å²) in [6, 6.07) is 4.62. The van der Waals surface area contributed by atoms with Gasteiger partial charge in [-0.05, 0) is 23.2 Å². The highest BCUT2D eigenvalue weighted by atomic mass is 19.1. The minimum Gasteiger partial charge on any atom is -0.690 e. The number of rotatable bonds is 2. The third-order valence-corrected chi connectivity index (χ3v) is 1.81. The van der Waals surface area contributed by atoms with Crippen molar-refractivity contribution in [1.82, 2.24) is 9.97 Å². The molecule has 0 amide bonds. The van der Waals surface area contributed by atoms with Crippen LogP contribution in [-0.4, -0.2) is 14.8 Å². The van der Waals surface area contributed by atoms with Gasteiger partial charge >= 0.3 is 5.82 Å². The van der Waals surface area contributed by atoms with Gasteiger partial charge in [0.1, 0.15) is 5.82 Å². The van der Waals surface area contributed by atoms with E-state index in [4.69, 9.17) is 0 Å². The molecule has 17 heavy (non-hydrogen) atoms. The molecule has 0 atom stereocenters. The summed E-state index contributed by atoms with van der Waals surface area (Å²) in [6.07, 6.45) is 1.83. The molecule has 5 nitrogen and oxygen atoms in total. The number of pyridine rings is 2. The predicted molar refractivity (Wildman–Crippen MR) is 53.8 cm³/mol. The molecule has 0 bridgehead atoms. The van der Waals surface area contributed by atoms with Crippen LogP contribution in [0.1, 0.15) is 0 Å². The molecule has 0 aromatic carbocycles. The molecular formula is C10H6F2N4O. The molecule has 0 unspecified atom stereocenters. The highest BCUT2D eigenvalue weighted by Crippen LogP contribution is 2.13. The van der Waals surface area contributed by atoms with Crippen molar-refractivity contribution in [2.24, 2.45) is 5.11 Å². The molecule has 86 valence electrons. The van der Waals surface area contributed by atoms with E-state index in [-0.39, 0.29) is 16.5 Å². The van der Waals surface area contributed by atoms with E-state index >= 15 is 0 Å². The molecule has 0 spiro atoms. The maximum Gasteiger partial charge on any atom is 0.347 e. The molecule has 0 fully saturated rings. The molecular weight excluding hydrogens is 230 g/mol. The van der Waals surface area contributed by atoms with Crippen molar-refractivity contribution in [1.29, 1.82) is 0 Å². The molecule has 2 rings (SSSR count). The van der Waals surface area contributed by atoms with Crippen LogP contribution in [0.4, 0.5) is 20.4 Å². The zero-order valence-corrected chi connectivity index (χ0v) is 8.42. The van der Waals surface area contributed by atoms with Gasteiger partial charge in [-0.25, -0.2) is 13.8 Å². The summed E-state index contributed by atoms with van der Waals surface area (Å²) >= 11 is 0. The lowest BCUT2D eigenvalue weighted by molar-refractivity contribution is -0.440. The van der Waals surface area contributed by atoms with Crippen LogP contribution in [0.25, 0.3) is 0 Å². The molecule has 0 saturated carbocycles. The van der Waals surface area contributed by atoms with Crippen molar-refractivity contribution >= 4 is 11.6 Å². The lowest BCUT2D eigenvalue weighted by atomic mass is 10.4. The average Bonchev–Trinajstić information content (AvgIpc) is 2.33. The highest BCUT2D eigenvalue weighted by Gasteiger charge is 2.05. The predicted octanol–water partition coefficient (Wildman–Crippen LogP) is 2.68. The van der Waals surface area contributed by atoms with Crippen molar-refractivity contribution in [2.75, 3.05) is 0 Å². The average molecular weight is 236 g/mol. The molecule has 0 aliphatic rings. The smallest absolute Gasteiger partial charge is 0.347 e. The van der Waals surface area contributed by atoms with E-state index in [0.29, 0.717) is 0 Å². The molecule has 0 N–H and O–H groups in total. The Morgan fingerprint density at radius 1 is 1.00 bits per heavy atom. The number of aromatic nitrogens is 2. The van der Waals surface area contributed by atoms with Crippen LogP contribution in [0.15, 0.2) is 41.8 Å². The van der Waals surface area contributed by atoms with E-state index in [1.54, 1.807) is 0 Å². The van der Waals surface area contributed by atoms with E-state index in [0.717, 1.165) is 24.5 Å². The summed E-state index contributed by atoms with van der Waals surface area (Å²) in [7, 11) is 0. The molecule has 0 aliphatic carbocycles. The second-order valence-corrected chi connectivity index (χ2v) is 3.04. The highest BCUT2D eigenvalue weighted by molar-refractivity contribution is 5.25. The van der Waals surface area contributed by atoms with Crippen LogP contribution in [0.5, 0.6) is 0 Å². The van der Waals surface area contributed by atoms with Gasteiger partial charge in [0.05, 0.1) is 6.20 Å². The third kappa shape index (κ3) is 2.77. The van der Waals surface area contributed by atoms with E-state index < -0.39 is 11.6 Å². The third-order valence-electron chi connectivity index (χ3n) is 1.81. The number of halogens is 2. The molecule has 2 aromatic heterocycles. The Hall–Kier alpha value is -2.44. The van der Waals surface area contributed by atoms with Crippen molar-refractivity contribution in [3.8, 4) is 0 Å². The Kier molecular flexibility index (Phi) is 2.99. The summed E-state index contributed by atoms with van der Waals surface area (Å²) < 4.78 is 25.1. The zero-order chi connectivity index (χ0) is 12.3. The lowest BCUT2D eigenvalue weighted by Gasteiger charge is -2.01. The van der Waals surface area contributed by atoms with Gasteiger partial charge in [-0.2, -0.15) is 0 Å². The Balaban J connectivity index is 2.27. The van der Waals surface area contributed by atoms with Crippen LogP contribution < -0.4 is 0 Å². The van der Waals surface area contributed by atoms with Crippen LogP contribution in [0.3, 0.4) is 0 Å². The van der Waals surface area contributed by atoms with Crippen molar-refractivity contribution < 1.29 is 13.6 Å². The van der Waals surface area contributed by atoms with E-state index in [1.807, 2.05) is 0 Å². The SMILES string of the molecule is [O-][N+](=Nc1ccc(F)cn1)c1ccc(F)cn1. The number of hydrogen-bond acceptors (Lipinski definition) is 4. The fraction of sp³-hybridized carbons (Fsp3) is 0. The standard InChI is InChI=1S/C10H6F2N4O/c11-7-1-3-9(13-5-7)15-16(17)10-4-2-8(12)6-14-10/h1-6H. The first kappa shape index (κ1) is 11.1. The van der Waals surface area contributed by atoms with Crippen LogP contribution in [0.2, 0.25) is 0 Å². The molecule has 2 heterocycles. The van der Waals surface area contributed by atoms with Crippen LogP contribution in [-0.2, 0) is 0 Å². The van der Waals surface area contributed by atoms with Crippen LogP contribution in [0, 0.1) is 16.8 Å². The molecule has 0 aliphatic heterocycles. The molecule has 0 radical (unpaired) electrons. The second-order valence-electron chi connectivity index (χ2n) is 3.04. The van der Waals surface area contributed by atoms with E-state index in [9.17, 15) is 14.0 Å². The first-order valence-corrected chi connectivity index (χ1v) is 4.57. The van der Waals surface area contributed by atoms with Crippen LogP contribution >= 0.6 is 0 Å². The summed E-state index contributed by atoms with van der Waals surface area (Å²) in [4.78, 5) is 7.29. The summed E-state index contributed by atoms with van der Waals surface area (Å²) in [5.41, 5.74) is 0. The van der Waals surface area contributed by atoms with Gasteiger partial charge in [0.25, 0.3) is 0 Å². The lowest BCUT2D eigenvalue weighted by Crippen LogP contribution is -1.94. The zero-order valence-electron chi connectivity index (χ0n) is 8.42. The normalized spacial score (nSPS) is 11.5. The van der Waals surface area contributed by atoms with Gasteiger partial charge in [0, 0.05) is 6.07 Å². The maximum absolute atomic E-state index is 12.6. The Labute approximate surface area is 94.7 Å². The quantitative estimate of drug-likeness (QED) is 0.457. The first-order valence-electron chi connectivity index (χ1n) is 4.57.